The van der Waals surface area contributed by atoms with Gasteiger partial charge in [-0.3, -0.25) is 4.79 Å². The third kappa shape index (κ3) is 4.88. The molecule has 21 heavy (non-hydrogen) atoms. The zero-order valence-corrected chi connectivity index (χ0v) is 13.3. The van der Waals surface area contributed by atoms with Gasteiger partial charge in [0.25, 0.3) is 5.91 Å². The van der Waals surface area contributed by atoms with Crippen molar-refractivity contribution in [3.63, 3.8) is 0 Å². The average Bonchev–Trinajstić information content (AvgIpc) is 2.45. The lowest BCUT2D eigenvalue weighted by Gasteiger charge is -2.14. The predicted octanol–water partition coefficient (Wildman–Crippen LogP) is 3.58. The van der Waals surface area contributed by atoms with Crippen LogP contribution in [-0.4, -0.2) is 12.0 Å². The van der Waals surface area contributed by atoms with E-state index in [0.29, 0.717) is 18.0 Å². The minimum atomic E-state index is -0.551. The monoisotopic (exact) mass is 348 g/mol. The van der Waals surface area contributed by atoms with Gasteiger partial charge in [-0.05, 0) is 42.8 Å². The Morgan fingerprint density at radius 3 is 2.76 bits per heavy atom. The summed E-state index contributed by atoms with van der Waals surface area (Å²) in [5, 5.41) is 2.78. The van der Waals surface area contributed by atoms with Crippen molar-refractivity contribution in [2.24, 2.45) is 0 Å². The summed E-state index contributed by atoms with van der Waals surface area (Å²) >= 11 is 3.40. The number of carbonyl (C=O) groups excluding carboxylic acids is 1. The van der Waals surface area contributed by atoms with Crippen LogP contribution in [0, 0.1) is 0 Å². The Bertz CT molecular complexity index is 631. The second-order valence-corrected chi connectivity index (χ2v) is 5.61. The lowest BCUT2D eigenvalue weighted by molar-refractivity contribution is -0.127. The van der Waals surface area contributed by atoms with E-state index < -0.39 is 6.10 Å². The summed E-state index contributed by atoms with van der Waals surface area (Å²) in [6.07, 6.45) is -0.551. The number of hydrogen-bond donors (Lipinski definition) is 2. The maximum absolute atomic E-state index is 12.0. The van der Waals surface area contributed by atoms with Gasteiger partial charge in [0.1, 0.15) is 6.10 Å². The molecule has 0 fully saturated rings. The molecule has 3 N–H and O–H groups in total. The molecule has 5 heteroatoms. The van der Waals surface area contributed by atoms with E-state index in [9.17, 15) is 4.79 Å². The molecule has 2 rings (SSSR count). The number of carbonyl (C=O) groups is 1. The van der Waals surface area contributed by atoms with Crippen LogP contribution < -0.4 is 11.1 Å². The van der Waals surface area contributed by atoms with Gasteiger partial charge in [0.2, 0.25) is 0 Å². The van der Waals surface area contributed by atoms with E-state index in [2.05, 4.69) is 21.2 Å². The van der Waals surface area contributed by atoms with Crippen LogP contribution in [0.25, 0.3) is 0 Å². The summed E-state index contributed by atoms with van der Waals surface area (Å²) in [6, 6.07) is 14.8. The van der Waals surface area contributed by atoms with Gasteiger partial charge < -0.3 is 15.8 Å². The van der Waals surface area contributed by atoms with E-state index in [0.717, 1.165) is 10.0 Å². The van der Waals surface area contributed by atoms with Crippen LogP contribution in [0.3, 0.4) is 0 Å². The predicted molar refractivity (Wildman–Crippen MR) is 87.9 cm³/mol. The molecule has 2 aromatic carbocycles. The Kier molecular flexibility index (Phi) is 5.36. The summed E-state index contributed by atoms with van der Waals surface area (Å²) in [6.45, 7) is 2.10. The van der Waals surface area contributed by atoms with E-state index in [4.69, 9.17) is 10.5 Å². The van der Waals surface area contributed by atoms with E-state index in [1.165, 1.54) is 0 Å². The quantitative estimate of drug-likeness (QED) is 0.811. The zero-order chi connectivity index (χ0) is 15.2. The molecule has 0 aliphatic rings. The number of nitrogen functional groups attached to an aromatic ring is 1. The second kappa shape index (κ2) is 7.24. The van der Waals surface area contributed by atoms with Crippen molar-refractivity contribution in [2.45, 2.75) is 19.6 Å². The largest absolute Gasteiger partial charge is 0.399 e. The molecule has 2 aromatic rings. The second-order valence-electron chi connectivity index (χ2n) is 4.70. The number of anilines is 2. The van der Waals surface area contributed by atoms with Gasteiger partial charge in [-0.1, -0.05) is 34.1 Å². The molecule has 1 unspecified atom stereocenters. The van der Waals surface area contributed by atoms with Crippen molar-refractivity contribution in [1.82, 2.24) is 0 Å². The highest BCUT2D eigenvalue weighted by atomic mass is 79.9. The maximum Gasteiger partial charge on any atom is 0.253 e. The van der Waals surface area contributed by atoms with E-state index in [1.807, 2.05) is 24.3 Å². The van der Waals surface area contributed by atoms with Crippen LogP contribution >= 0.6 is 15.9 Å². The van der Waals surface area contributed by atoms with E-state index in [1.54, 1.807) is 31.2 Å². The fourth-order valence-electron chi connectivity index (χ4n) is 1.78. The van der Waals surface area contributed by atoms with Gasteiger partial charge in [0, 0.05) is 15.8 Å². The first-order valence-electron chi connectivity index (χ1n) is 6.57. The summed E-state index contributed by atoms with van der Waals surface area (Å²) < 4.78 is 6.57. The van der Waals surface area contributed by atoms with Crippen LogP contribution in [0.2, 0.25) is 0 Å². The van der Waals surface area contributed by atoms with Crippen LogP contribution in [0.15, 0.2) is 53.0 Å². The van der Waals surface area contributed by atoms with Crippen molar-refractivity contribution in [2.75, 3.05) is 11.1 Å². The fraction of sp³-hybridized carbons (Fsp3) is 0.188. The molecule has 0 aliphatic heterocycles. The molecule has 0 spiro atoms. The van der Waals surface area contributed by atoms with Crippen LogP contribution in [0.5, 0.6) is 0 Å². The third-order valence-electron chi connectivity index (χ3n) is 2.91. The summed E-state index contributed by atoms with van der Waals surface area (Å²) in [7, 11) is 0. The number of ether oxygens (including phenoxy) is 1. The lowest BCUT2D eigenvalue weighted by atomic mass is 10.2. The molecule has 0 saturated carbocycles. The molecule has 110 valence electrons. The number of nitrogens with one attached hydrogen (secondary N) is 1. The number of nitrogens with two attached hydrogens (primary N) is 1. The highest BCUT2D eigenvalue weighted by molar-refractivity contribution is 9.10. The molecule has 0 saturated heterocycles. The van der Waals surface area contributed by atoms with Crippen LogP contribution in [0.4, 0.5) is 11.4 Å². The summed E-state index contributed by atoms with van der Waals surface area (Å²) in [5.74, 6) is -0.199. The molecule has 0 aromatic heterocycles. The number of rotatable bonds is 5. The fourth-order valence-corrected chi connectivity index (χ4v) is 2.23. The van der Waals surface area contributed by atoms with Crippen molar-refractivity contribution < 1.29 is 9.53 Å². The molecular formula is C16H17BrN2O2. The molecule has 4 nitrogen and oxygen atoms in total. The number of hydrogen-bond acceptors (Lipinski definition) is 3. The van der Waals surface area contributed by atoms with Crippen molar-refractivity contribution in [3.05, 3.63) is 58.6 Å². The normalized spacial score (nSPS) is 11.9. The minimum absolute atomic E-state index is 0.199. The first kappa shape index (κ1) is 15.5. The van der Waals surface area contributed by atoms with Crippen molar-refractivity contribution in [3.8, 4) is 0 Å². The Balaban J connectivity index is 1.88. The molecule has 1 amide bonds. The third-order valence-corrected chi connectivity index (χ3v) is 3.41. The van der Waals surface area contributed by atoms with Crippen molar-refractivity contribution >= 4 is 33.2 Å². The molecular weight excluding hydrogens is 332 g/mol. The van der Waals surface area contributed by atoms with Gasteiger partial charge in [0.05, 0.1) is 6.61 Å². The maximum atomic E-state index is 12.0. The standard InChI is InChI=1S/C16H17BrN2O2/c1-11(21-10-12-4-2-5-13(17)8-12)16(20)19-15-7-3-6-14(18)9-15/h2-9,11H,10,18H2,1H3,(H,19,20). The summed E-state index contributed by atoms with van der Waals surface area (Å²) in [5.41, 5.74) is 7.95. The summed E-state index contributed by atoms with van der Waals surface area (Å²) in [4.78, 5) is 12.0. The van der Waals surface area contributed by atoms with Crippen LogP contribution in [-0.2, 0) is 16.1 Å². The average molecular weight is 349 g/mol. The SMILES string of the molecule is CC(OCc1cccc(Br)c1)C(=O)Nc1cccc(N)c1. The highest BCUT2D eigenvalue weighted by Gasteiger charge is 2.13. The zero-order valence-electron chi connectivity index (χ0n) is 11.7. The van der Waals surface area contributed by atoms with Crippen molar-refractivity contribution in [1.29, 1.82) is 0 Å². The lowest BCUT2D eigenvalue weighted by Crippen LogP contribution is -2.27. The van der Waals surface area contributed by atoms with E-state index in [-0.39, 0.29) is 5.91 Å². The van der Waals surface area contributed by atoms with Gasteiger partial charge in [-0.25, -0.2) is 0 Å². The van der Waals surface area contributed by atoms with Gasteiger partial charge in [-0.15, -0.1) is 0 Å². The first-order chi connectivity index (χ1) is 10.0. The van der Waals surface area contributed by atoms with E-state index >= 15 is 0 Å². The van der Waals surface area contributed by atoms with Gasteiger partial charge in [-0.2, -0.15) is 0 Å². The first-order valence-corrected chi connectivity index (χ1v) is 7.36. The smallest absolute Gasteiger partial charge is 0.253 e. The molecule has 0 bridgehead atoms. The Labute approximate surface area is 132 Å². The Morgan fingerprint density at radius 2 is 2.05 bits per heavy atom. The highest BCUT2D eigenvalue weighted by Crippen LogP contribution is 2.15. The van der Waals surface area contributed by atoms with Gasteiger partial charge >= 0.3 is 0 Å². The van der Waals surface area contributed by atoms with Crippen LogP contribution in [0.1, 0.15) is 12.5 Å². The number of amides is 1. The number of benzene rings is 2. The van der Waals surface area contributed by atoms with Gasteiger partial charge in [0.15, 0.2) is 0 Å². The Morgan fingerprint density at radius 1 is 1.29 bits per heavy atom. The molecule has 0 heterocycles. The molecule has 0 aliphatic carbocycles. The molecule has 1 atom stereocenters. The topological polar surface area (TPSA) is 64.3 Å². The number of halogens is 1. The Hall–Kier alpha value is -1.85. The molecule has 0 radical (unpaired) electrons. The minimum Gasteiger partial charge on any atom is -0.399 e.